The summed E-state index contributed by atoms with van der Waals surface area (Å²) >= 11 is 0. The van der Waals surface area contributed by atoms with Gasteiger partial charge in [0, 0.05) is 12.5 Å². The van der Waals surface area contributed by atoms with Gasteiger partial charge in [0.1, 0.15) is 11.3 Å². The van der Waals surface area contributed by atoms with Crippen LogP contribution in [0.15, 0.2) is 52.2 Å². The molecule has 0 fully saturated rings. The molecule has 0 spiro atoms. The van der Waals surface area contributed by atoms with Crippen molar-refractivity contribution in [2.45, 2.75) is 6.42 Å². The largest absolute Gasteiger partial charge is 0.460 e. The SMILES string of the molecule is C=CCc1cc(=O)c2ccccc2o1. The van der Waals surface area contributed by atoms with Gasteiger partial charge in [0.15, 0.2) is 5.43 Å². The van der Waals surface area contributed by atoms with Crippen LogP contribution in [0.25, 0.3) is 11.0 Å². The average molecular weight is 186 g/mol. The highest BCUT2D eigenvalue weighted by Crippen LogP contribution is 2.11. The molecule has 2 heteroatoms. The first-order valence-electron chi connectivity index (χ1n) is 4.44. The minimum absolute atomic E-state index is 0.00343. The Balaban J connectivity index is 2.72. The van der Waals surface area contributed by atoms with Crippen molar-refractivity contribution in [1.82, 2.24) is 0 Å². The van der Waals surface area contributed by atoms with Crippen LogP contribution in [0, 0.1) is 0 Å². The molecule has 0 aliphatic heterocycles. The molecule has 2 rings (SSSR count). The quantitative estimate of drug-likeness (QED) is 0.674. The van der Waals surface area contributed by atoms with Gasteiger partial charge in [-0.25, -0.2) is 0 Å². The highest BCUT2D eigenvalue weighted by Gasteiger charge is 2.01. The van der Waals surface area contributed by atoms with E-state index in [-0.39, 0.29) is 5.43 Å². The summed E-state index contributed by atoms with van der Waals surface area (Å²) in [6, 6.07) is 8.75. The van der Waals surface area contributed by atoms with E-state index in [0.29, 0.717) is 23.2 Å². The average Bonchev–Trinajstić information content (AvgIpc) is 2.18. The fraction of sp³-hybridized carbons (Fsp3) is 0.0833. The Hall–Kier alpha value is -1.83. The highest BCUT2D eigenvalue weighted by molar-refractivity contribution is 5.76. The van der Waals surface area contributed by atoms with E-state index in [4.69, 9.17) is 4.42 Å². The van der Waals surface area contributed by atoms with E-state index in [1.165, 1.54) is 6.07 Å². The molecule has 1 aromatic carbocycles. The predicted molar refractivity (Wildman–Crippen MR) is 56.4 cm³/mol. The Morgan fingerprint density at radius 2 is 2.14 bits per heavy atom. The molecule has 0 aliphatic carbocycles. The highest BCUT2D eigenvalue weighted by atomic mass is 16.3. The van der Waals surface area contributed by atoms with Crippen LogP contribution in [0.5, 0.6) is 0 Å². The summed E-state index contributed by atoms with van der Waals surface area (Å²) in [5.41, 5.74) is 0.639. The molecule has 2 nitrogen and oxygen atoms in total. The molecule has 0 saturated carbocycles. The molecule has 14 heavy (non-hydrogen) atoms. The number of fused-ring (bicyclic) bond motifs is 1. The zero-order chi connectivity index (χ0) is 9.97. The molecule has 1 aromatic heterocycles. The van der Waals surface area contributed by atoms with Crippen molar-refractivity contribution in [3.05, 3.63) is 59.0 Å². The van der Waals surface area contributed by atoms with Crippen LogP contribution in [-0.2, 0) is 6.42 Å². The lowest BCUT2D eigenvalue weighted by molar-refractivity contribution is 0.552. The topological polar surface area (TPSA) is 30.2 Å². The summed E-state index contributed by atoms with van der Waals surface area (Å²) in [7, 11) is 0. The molecular weight excluding hydrogens is 176 g/mol. The van der Waals surface area contributed by atoms with E-state index in [0.717, 1.165) is 0 Å². The van der Waals surface area contributed by atoms with Gasteiger partial charge in [0.2, 0.25) is 0 Å². The first-order valence-corrected chi connectivity index (χ1v) is 4.44. The summed E-state index contributed by atoms with van der Waals surface area (Å²) < 4.78 is 5.51. The van der Waals surface area contributed by atoms with E-state index in [1.54, 1.807) is 18.2 Å². The van der Waals surface area contributed by atoms with Crippen LogP contribution >= 0.6 is 0 Å². The summed E-state index contributed by atoms with van der Waals surface area (Å²) in [5.74, 6) is 0.656. The molecule has 1 heterocycles. The zero-order valence-electron chi connectivity index (χ0n) is 7.69. The van der Waals surface area contributed by atoms with Gasteiger partial charge in [-0.3, -0.25) is 4.79 Å². The lowest BCUT2D eigenvalue weighted by Crippen LogP contribution is -2.01. The molecule has 0 atom stereocenters. The Kier molecular flexibility index (Phi) is 2.19. The number of benzene rings is 1. The minimum Gasteiger partial charge on any atom is -0.460 e. The first kappa shape index (κ1) is 8.75. The number of rotatable bonds is 2. The van der Waals surface area contributed by atoms with Crippen LogP contribution in [0.2, 0.25) is 0 Å². The van der Waals surface area contributed by atoms with Gasteiger partial charge in [0.25, 0.3) is 0 Å². The maximum absolute atomic E-state index is 11.6. The Labute approximate surface area is 81.5 Å². The summed E-state index contributed by atoms with van der Waals surface area (Å²) in [5, 5.41) is 0.625. The van der Waals surface area contributed by atoms with Crippen molar-refractivity contribution in [3.8, 4) is 0 Å². The summed E-state index contributed by atoms with van der Waals surface area (Å²) in [4.78, 5) is 11.6. The van der Waals surface area contributed by atoms with E-state index < -0.39 is 0 Å². The second-order valence-corrected chi connectivity index (χ2v) is 3.07. The number of para-hydroxylation sites is 1. The van der Waals surface area contributed by atoms with Crippen LogP contribution < -0.4 is 5.43 Å². The lowest BCUT2D eigenvalue weighted by Gasteiger charge is -1.99. The third kappa shape index (κ3) is 1.46. The summed E-state index contributed by atoms with van der Waals surface area (Å²) in [6.45, 7) is 3.60. The van der Waals surface area contributed by atoms with Gasteiger partial charge in [0.05, 0.1) is 5.39 Å². The zero-order valence-corrected chi connectivity index (χ0v) is 7.69. The molecular formula is C12H10O2. The van der Waals surface area contributed by atoms with E-state index in [1.807, 2.05) is 12.1 Å². The van der Waals surface area contributed by atoms with Crippen LogP contribution in [0.4, 0.5) is 0 Å². The van der Waals surface area contributed by atoms with Crippen molar-refractivity contribution in [2.24, 2.45) is 0 Å². The molecule has 2 aromatic rings. The van der Waals surface area contributed by atoms with Gasteiger partial charge in [-0.05, 0) is 12.1 Å². The Morgan fingerprint density at radius 3 is 2.93 bits per heavy atom. The molecule has 0 bridgehead atoms. The third-order valence-electron chi connectivity index (χ3n) is 2.03. The maximum Gasteiger partial charge on any atom is 0.192 e. The second kappa shape index (κ2) is 3.50. The van der Waals surface area contributed by atoms with E-state index in [9.17, 15) is 4.79 Å². The fourth-order valence-electron chi connectivity index (χ4n) is 1.40. The second-order valence-electron chi connectivity index (χ2n) is 3.07. The molecule has 70 valence electrons. The lowest BCUT2D eigenvalue weighted by atomic mass is 10.2. The van der Waals surface area contributed by atoms with Crippen molar-refractivity contribution < 1.29 is 4.42 Å². The van der Waals surface area contributed by atoms with Crippen molar-refractivity contribution in [3.63, 3.8) is 0 Å². The van der Waals surface area contributed by atoms with Gasteiger partial charge >= 0.3 is 0 Å². The molecule has 0 radical (unpaired) electrons. The van der Waals surface area contributed by atoms with Crippen LogP contribution in [0.3, 0.4) is 0 Å². The molecule has 0 saturated heterocycles. The Bertz CT molecular complexity index is 523. The monoisotopic (exact) mass is 186 g/mol. The normalized spacial score (nSPS) is 10.3. The standard InChI is InChI=1S/C12H10O2/c1-2-5-9-8-11(13)10-6-3-4-7-12(10)14-9/h2-4,6-8H,1,5H2. The number of hydrogen-bond donors (Lipinski definition) is 0. The smallest absolute Gasteiger partial charge is 0.192 e. The minimum atomic E-state index is 0.00343. The maximum atomic E-state index is 11.6. The van der Waals surface area contributed by atoms with E-state index >= 15 is 0 Å². The molecule has 0 aliphatic rings. The summed E-state index contributed by atoms with van der Waals surface area (Å²) in [6.07, 6.45) is 2.30. The van der Waals surface area contributed by atoms with Crippen LogP contribution in [0.1, 0.15) is 5.76 Å². The molecule has 0 unspecified atom stereocenters. The third-order valence-corrected chi connectivity index (χ3v) is 2.03. The van der Waals surface area contributed by atoms with Gasteiger partial charge < -0.3 is 4.42 Å². The number of allylic oxidation sites excluding steroid dienone is 1. The predicted octanol–water partition coefficient (Wildman–Crippen LogP) is 2.52. The van der Waals surface area contributed by atoms with Crippen molar-refractivity contribution in [2.75, 3.05) is 0 Å². The molecule has 0 amide bonds. The fourth-order valence-corrected chi connectivity index (χ4v) is 1.40. The number of hydrogen-bond acceptors (Lipinski definition) is 2. The van der Waals surface area contributed by atoms with Crippen LogP contribution in [-0.4, -0.2) is 0 Å². The Morgan fingerprint density at radius 1 is 1.36 bits per heavy atom. The van der Waals surface area contributed by atoms with Gasteiger partial charge in [-0.2, -0.15) is 0 Å². The molecule has 0 N–H and O–H groups in total. The van der Waals surface area contributed by atoms with Crippen molar-refractivity contribution in [1.29, 1.82) is 0 Å². The van der Waals surface area contributed by atoms with E-state index in [2.05, 4.69) is 6.58 Å². The van der Waals surface area contributed by atoms with Gasteiger partial charge in [-0.15, -0.1) is 6.58 Å². The van der Waals surface area contributed by atoms with Gasteiger partial charge in [-0.1, -0.05) is 18.2 Å². The first-order chi connectivity index (χ1) is 6.81. The van der Waals surface area contributed by atoms with Crippen molar-refractivity contribution >= 4 is 11.0 Å².